The predicted molar refractivity (Wildman–Crippen MR) is 124 cm³/mol. The summed E-state index contributed by atoms with van der Waals surface area (Å²) in [4.78, 5) is 21.0. The summed E-state index contributed by atoms with van der Waals surface area (Å²) in [6.07, 6.45) is 3.24. The van der Waals surface area contributed by atoms with E-state index in [4.69, 9.17) is 9.41 Å². The van der Waals surface area contributed by atoms with Crippen molar-refractivity contribution < 1.29 is 9.21 Å². The zero-order chi connectivity index (χ0) is 19.6. The van der Waals surface area contributed by atoms with Crippen LogP contribution in [0.25, 0.3) is 0 Å². The van der Waals surface area contributed by atoms with Gasteiger partial charge in [0.25, 0.3) is 0 Å². The third kappa shape index (κ3) is 6.95. The van der Waals surface area contributed by atoms with E-state index in [2.05, 4.69) is 36.3 Å². The third-order valence-corrected chi connectivity index (χ3v) is 5.08. The van der Waals surface area contributed by atoms with Crippen LogP contribution in [-0.2, 0) is 4.79 Å². The number of aliphatic imine (C=N–C) groups is 1. The molecule has 2 N–H and O–H groups in total. The molecule has 1 aromatic heterocycles. The summed E-state index contributed by atoms with van der Waals surface area (Å²) in [6, 6.07) is 4.31. The van der Waals surface area contributed by atoms with Crippen molar-refractivity contribution in [2.45, 2.75) is 52.6 Å². The van der Waals surface area contributed by atoms with Gasteiger partial charge in [0.1, 0.15) is 5.76 Å². The number of nitrogens with zero attached hydrogens (tertiary/aromatic N) is 3. The molecule has 2 rings (SSSR count). The number of nitrogens with one attached hydrogen (secondary N) is 2. The zero-order valence-electron chi connectivity index (χ0n) is 17.6. The number of amides is 1. The van der Waals surface area contributed by atoms with E-state index in [1.807, 2.05) is 24.0 Å². The molecule has 2 atom stereocenters. The summed E-state index contributed by atoms with van der Waals surface area (Å²) in [5.41, 5.74) is 0. The van der Waals surface area contributed by atoms with Crippen LogP contribution in [0.4, 0.5) is 0 Å². The van der Waals surface area contributed by atoms with E-state index in [-0.39, 0.29) is 42.0 Å². The molecule has 0 radical (unpaired) electrons. The second-order valence-corrected chi connectivity index (χ2v) is 6.80. The second kappa shape index (κ2) is 13.0. The fourth-order valence-corrected chi connectivity index (χ4v) is 3.55. The Labute approximate surface area is 186 Å². The summed E-state index contributed by atoms with van der Waals surface area (Å²) < 4.78 is 5.66. The predicted octanol–water partition coefficient (Wildman–Crippen LogP) is 2.85. The fourth-order valence-electron chi connectivity index (χ4n) is 3.55. The van der Waals surface area contributed by atoms with Gasteiger partial charge in [0.05, 0.1) is 18.8 Å². The molecule has 0 bridgehead atoms. The number of hydrogen-bond acceptors (Lipinski definition) is 4. The molecule has 2 heterocycles. The highest BCUT2D eigenvalue weighted by molar-refractivity contribution is 14.0. The first-order chi connectivity index (χ1) is 13.1. The highest BCUT2D eigenvalue weighted by atomic mass is 127. The average Bonchev–Trinajstić information content (AvgIpc) is 3.36. The molecule has 0 aromatic carbocycles. The Morgan fingerprint density at radius 1 is 1.36 bits per heavy atom. The monoisotopic (exact) mass is 505 g/mol. The molecule has 8 heteroatoms. The van der Waals surface area contributed by atoms with Crippen molar-refractivity contribution in [3.05, 3.63) is 24.2 Å². The molecular formula is C20H36IN5O2. The van der Waals surface area contributed by atoms with Crippen molar-refractivity contribution in [3.8, 4) is 0 Å². The van der Waals surface area contributed by atoms with Crippen molar-refractivity contribution in [1.82, 2.24) is 20.4 Å². The van der Waals surface area contributed by atoms with Gasteiger partial charge in [0, 0.05) is 32.1 Å². The van der Waals surface area contributed by atoms with Crippen LogP contribution in [0.15, 0.2) is 27.8 Å². The summed E-state index contributed by atoms with van der Waals surface area (Å²) >= 11 is 0. The van der Waals surface area contributed by atoms with Gasteiger partial charge < -0.3 is 20.0 Å². The van der Waals surface area contributed by atoms with Crippen LogP contribution >= 0.6 is 24.0 Å². The maximum Gasteiger partial charge on any atom is 0.222 e. The van der Waals surface area contributed by atoms with Crippen LogP contribution in [0.1, 0.15) is 52.3 Å². The molecule has 7 nitrogen and oxygen atoms in total. The molecule has 1 amide bonds. The topological polar surface area (TPSA) is 73.1 Å². The van der Waals surface area contributed by atoms with E-state index < -0.39 is 0 Å². The van der Waals surface area contributed by atoms with E-state index in [1.165, 1.54) is 0 Å². The first-order valence-electron chi connectivity index (χ1n) is 10.2. The molecule has 1 aliphatic rings. The van der Waals surface area contributed by atoms with Gasteiger partial charge in [-0.05, 0) is 38.6 Å². The lowest BCUT2D eigenvalue weighted by Gasteiger charge is -2.27. The number of likely N-dealkylation sites (tertiary alicyclic amines) is 1. The van der Waals surface area contributed by atoms with Gasteiger partial charge in [-0.2, -0.15) is 0 Å². The zero-order valence-corrected chi connectivity index (χ0v) is 19.9. The molecule has 1 saturated heterocycles. The van der Waals surface area contributed by atoms with Crippen LogP contribution in [0.3, 0.4) is 0 Å². The minimum Gasteiger partial charge on any atom is -0.468 e. The van der Waals surface area contributed by atoms with Crippen LogP contribution < -0.4 is 10.6 Å². The first-order valence-corrected chi connectivity index (χ1v) is 10.2. The SMILES string of the molecule is CCNC(=NCC(c1ccco1)N(CC)CC)NC1CCN(C(=O)CC)C1.I. The maximum absolute atomic E-state index is 11.9. The van der Waals surface area contributed by atoms with E-state index >= 15 is 0 Å². The molecule has 1 fully saturated rings. The Bertz CT molecular complexity index is 589. The molecule has 28 heavy (non-hydrogen) atoms. The lowest BCUT2D eigenvalue weighted by Crippen LogP contribution is -2.45. The molecule has 1 aliphatic heterocycles. The van der Waals surface area contributed by atoms with Crippen molar-refractivity contribution in [1.29, 1.82) is 0 Å². The van der Waals surface area contributed by atoms with E-state index in [1.54, 1.807) is 6.26 Å². The van der Waals surface area contributed by atoms with Gasteiger partial charge in [-0.3, -0.25) is 14.7 Å². The molecular weight excluding hydrogens is 469 g/mol. The van der Waals surface area contributed by atoms with E-state index in [9.17, 15) is 4.79 Å². The average molecular weight is 505 g/mol. The minimum atomic E-state index is 0. The number of halogens is 1. The highest BCUT2D eigenvalue weighted by Crippen LogP contribution is 2.21. The molecule has 1 aromatic rings. The Kier molecular flexibility index (Phi) is 11.5. The van der Waals surface area contributed by atoms with Gasteiger partial charge >= 0.3 is 0 Å². The number of carbonyl (C=O) groups excluding carboxylic acids is 1. The third-order valence-electron chi connectivity index (χ3n) is 5.08. The molecule has 0 saturated carbocycles. The lowest BCUT2D eigenvalue weighted by atomic mass is 10.2. The molecule has 0 spiro atoms. The normalized spacial score (nSPS) is 18.1. The standard InChI is InChI=1S/C20H35N5O2.HI/c1-5-19(26)25-12-11-16(15-25)23-20(21-6-2)22-14-17(24(7-3)8-4)18-10-9-13-27-18;/h9-10,13,16-17H,5-8,11-12,14-15H2,1-4H3,(H2,21,22,23);1H. The second-order valence-electron chi connectivity index (χ2n) is 6.80. The Hall–Kier alpha value is -1.29. The van der Waals surface area contributed by atoms with Gasteiger partial charge in [-0.1, -0.05) is 20.8 Å². The van der Waals surface area contributed by atoms with Crippen LogP contribution in [0.2, 0.25) is 0 Å². The molecule has 0 aliphatic carbocycles. The first kappa shape index (κ1) is 24.7. The van der Waals surface area contributed by atoms with Crippen molar-refractivity contribution in [2.24, 2.45) is 4.99 Å². The van der Waals surface area contributed by atoms with E-state index in [0.717, 1.165) is 50.9 Å². The van der Waals surface area contributed by atoms with Gasteiger partial charge in [-0.25, -0.2) is 0 Å². The number of likely N-dealkylation sites (N-methyl/N-ethyl adjacent to an activating group) is 1. The Morgan fingerprint density at radius 2 is 2.11 bits per heavy atom. The quantitative estimate of drug-likeness (QED) is 0.307. The summed E-state index contributed by atoms with van der Waals surface area (Å²) in [5.74, 6) is 1.97. The van der Waals surface area contributed by atoms with Crippen molar-refractivity contribution in [3.63, 3.8) is 0 Å². The number of furan rings is 1. The summed E-state index contributed by atoms with van der Waals surface area (Å²) in [6.45, 7) is 13.2. The van der Waals surface area contributed by atoms with Gasteiger partial charge in [0.15, 0.2) is 5.96 Å². The van der Waals surface area contributed by atoms with Crippen LogP contribution in [-0.4, -0.2) is 67.0 Å². The minimum absolute atomic E-state index is 0. The fraction of sp³-hybridized carbons (Fsp3) is 0.700. The Balaban J connectivity index is 0.00000392. The summed E-state index contributed by atoms with van der Waals surface area (Å²) in [5, 5.41) is 6.83. The highest BCUT2D eigenvalue weighted by Gasteiger charge is 2.26. The summed E-state index contributed by atoms with van der Waals surface area (Å²) in [7, 11) is 0. The molecule has 160 valence electrons. The van der Waals surface area contributed by atoms with E-state index in [0.29, 0.717) is 13.0 Å². The number of guanidine groups is 1. The number of rotatable bonds is 9. The van der Waals surface area contributed by atoms with Crippen molar-refractivity contribution in [2.75, 3.05) is 39.3 Å². The smallest absolute Gasteiger partial charge is 0.222 e. The van der Waals surface area contributed by atoms with Crippen LogP contribution in [0, 0.1) is 0 Å². The lowest BCUT2D eigenvalue weighted by molar-refractivity contribution is -0.129. The number of carbonyl (C=O) groups is 1. The van der Waals surface area contributed by atoms with Gasteiger partial charge in [0.2, 0.25) is 5.91 Å². The molecule has 2 unspecified atom stereocenters. The Morgan fingerprint density at radius 3 is 2.68 bits per heavy atom. The maximum atomic E-state index is 11.9. The van der Waals surface area contributed by atoms with Crippen molar-refractivity contribution >= 4 is 35.8 Å². The number of hydrogen-bond donors (Lipinski definition) is 2. The van der Waals surface area contributed by atoms with Crippen LogP contribution in [0.5, 0.6) is 0 Å². The van der Waals surface area contributed by atoms with Gasteiger partial charge in [-0.15, -0.1) is 24.0 Å². The largest absolute Gasteiger partial charge is 0.468 e.